The van der Waals surface area contributed by atoms with Crippen LogP contribution < -0.4 is 16.0 Å². The number of rotatable bonds is 22. The van der Waals surface area contributed by atoms with Crippen LogP contribution in [0.4, 0.5) is 0 Å². The Labute approximate surface area is 235 Å². The van der Waals surface area contributed by atoms with Crippen molar-refractivity contribution in [3.8, 4) is 0 Å². The van der Waals surface area contributed by atoms with Crippen molar-refractivity contribution in [1.29, 1.82) is 0 Å². The molecule has 0 aliphatic carbocycles. The molecule has 0 radical (unpaired) electrons. The molecular formula is C26H44N4O8S. The Morgan fingerprint density at radius 3 is 2.36 bits per heavy atom. The normalized spacial score (nSPS) is 16.7. The molecule has 1 aliphatic rings. The molecule has 13 heteroatoms. The van der Waals surface area contributed by atoms with Gasteiger partial charge in [0, 0.05) is 37.6 Å². The maximum Gasteiger partial charge on any atom is 0.243 e. The number of hydrogen-bond donors (Lipinski definition) is 3. The standard InChI is InChI=1S/C26H44N4O8S/c1-18(17-39-22-15-24(34)30(26(22)36)16-19(2)31)25(35)28-9-6-5-7-21(20(3)32)29-23(33)8-11-37-13-14-38-12-10-27-4/h18,21-22,27H,5-17H2,1-4H3,(H,28,35)(H,29,33)/t18-,21+,22?/m1/s1. The van der Waals surface area contributed by atoms with Gasteiger partial charge in [-0.2, -0.15) is 0 Å². The molecule has 3 atom stereocenters. The van der Waals surface area contributed by atoms with Crippen molar-refractivity contribution >= 4 is 47.0 Å². The van der Waals surface area contributed by atoms with Gasteiger partial charge in [-0.1, -0.05) is 6.92 Å². The van der Waals surface area contributed by atoms with Crippen LogP contribution in [-0.4, -0.2) is 110 Å². The quantitative estimate of drug-likeness (QED) is 0.120. The fourth-order valence-electron chi connectivity index (χ4n) is 3.67. The minimum atomic E-state index is -0.581. The van der Waals surface area contributed by atoms with Crippen LogP contribution in [0.2, 0.25) is 0 Å². The minimum Gasteiger partial charge on any atom is -0.379 e. The van der Waals surface area contributed by atoms with Gasteiger partial charge in [0.05, 0.1) is 44.3 Å². The maximum absolute atomic E-state index is 12.4. The lowest BCUT2D eigenvalue weighted by Gasteiger charge is -2.17. The van der Waals surface area contributed by atoms with Gasteiger partial charge in [0.2, 0.25) is 23.6 Å². The molecule has 1 rings (SSSR count). The van der Waals surface area contributed by atoms with Crippen LogP contribution in [0.25, 0.3) is 0 Å². The molecule has 0 saturated carbocycles. The highest BCUT2D eigenvalue weighted by atomic mass is 32.2. The van der Waals surface area contributed by atoms with E-state index in [1.165, 1.54) is 25.6 Å². The SMILES string of the molecule is CNCCOCCOCCC(=O)N[C@@H](CCCCNC(=O)[C@H](C)CSC1CC(=O)N(CC(C)=O)C1=O)C(C)=O. The van der Waals surface area contributed by atoms with Crippen molar-refractivity contribution in [2.75, 3.05) is 58.9 Å². The van der Waals surface area contributed by atoms with Crippen LogP contribution in [0.5, 0.6) is 0 Å². The predicted octanol–water partition coefficient (Wildman–Crippen LogP) is 0.0752. The summed E-state index contributed by atoms with van der Waals surface area (Å²) in [5.74, 6) is -1.53. The lowest BCUT2D eigenvalue weighted by atomic mass is 10.1. The zero-order chi connectivity index (χ0) is 29.2. The zero-order valence-corrected chi connectivity index (χ0v) is 24.4. The van der Waals surface area contributed by atoms with Gasteiger partial charge in [-0.05, 0) is 40.2 Å². The van der Waals surface area contributed by atoms with Crippen LogP contribution in [0, 0.1) is 5.92 Å². The number of nitrogens with one attached hydrogen (secondary N) is 3. The first-order valence-electron chi connectivity index (χ1n) is 13.4. The number of Topliss-reactive ketones (excluding diaryl/α,β-unsaturated/α-hetero) is 2. The molecule has 0 spiro atoms. The largest absolute Gasteiger partial charge is 0.379 e. The molecule has 222 valence electrons. The molecule has 0 aromatic carbocycles. The number of ether oxygens (including phenoxy) is 2. The highest BCUT2D eigenvalue weighted by Gasteiger charge is 2.39. The zero-order valence-electron chi connectivity index (χ0n) is 23.5. The second-order valence-corrected chi connectivity index (χ2v) is 10.8. The van der Waals surface area contributed by atoms with Crippen LogP contribution in [0.1, 0.15) is 52.9 Å². The van der Waals surface area contributed by atoms with Gasteiger partial charge in [0.1, 0.15) is 5.78 Å². The van der Waals surface area contributed by atoms with Gasteiger partial charge < -0.3 is 25.4 Å². The summed E-state index contributed by atoms with van der Waals surface area (Å²) in [5.41, 5.74) is 0. The maximum atomic E-state index is 12.4. The highest BCUT2D eigenvalue weighted by Crippen LogP contribution is 2.26. The number of imide groups is 1. The second-order valence-electron chi connectivity index (χ2n) is 9.54. The smallest absolute Gasteiger partial charge is 0.243 e. The van der Waals surface area contributed by atoms with Crippen LogP contribution >= 0.6 is 11.8 Å². The first kappa shape index (κ1) is 34.7. The number of unbranched alkanes of at least 4 members (excludes halogenated alkanes) is 1. The molecule has 4 amide bonds. The Kier molecular flexibility index (Phi) is 17.5. The predicted molar refractivity (Wildman–Crippen MR) is 147 cm³/mol. The molecule has 3 N–H and O–H groups in total. The molecule has 1 heterocycles. The lowest BCUT2D eigenvalue weighted by Crippen LogP contribution is -2.40. The van der Waals surface area contributed by atoms with Crippen LogP contribution in [-0.2, 0) is 38.2 Å². The van der Waals surface area contributed by atoms with Gasteiger partial charge in [0.15, 0.2) is 5.78 Å². The third-order valence-corrected chi connectivity index (χ3v) is 7.43. The average Bonchev–Trinajstić information content (AvgIpc) is 3.14. The summed E-state index contributed by atoms with van der Waals surface area (Å²) in [6.45, 7) is 7.18. The summed E-state index contributed by atoms with van der Waals surface area (Å²) in [6.07, 6.45) is 1.94. The first-order chi connectivity index (χ1) is 18.6. The van der Waals surface area contributed by atoms with Gasteiger partial charge in [-0.15, -0.1) is 11.8 Å². The molecular weight excluding hydrogens is 528 g/mol. The Morgan fingerprint density at radius 2 is 1.72 bits per heavy atom. The third kappa shape index (κ3) is 14.6. The number of hydrogen-bond acceptors (Lipinski definition) is 10. The number of nitrogens with zero attached hydrogens (tertiary/aromatic N) is 1. The van der Waals surface area contributed by atoms with E-state index in [0.717, 1.165) is 11.4 Å². The Bertz CT molecular complexity index is 841. The van der Waals surface area contributed by atoms with E-state index < -0.39 is 11.3 Å². The van der Waals surface area contributed by atoms with Crippen LogP contribution in [0.15, 0.2) is 0 Å². The Balaban J connectivity index is 2.21. The molecule has 0 aromatic heterocycles. The number of carbonyl (C=O) groups excluding carboxylic acids is 6. The molecule has 39 heavy (non-hydrogen) atoms. The topological polar surface area (TPSA) is 160 Å². The number of likely N-dealkylation sites (tertiary alicyclic amines) is 1. The number of likely N-dealkylation sites (N-methyl/N-ethyl adjacent to an activating group) is 1. The number of thioether (sulfide) groups is 1. The molecule has 12 nitrogen and oxygen atoms in total. The van der Waals surface area contributed by atoms with Crippen molar-refractivity contribution in [3.05, 3.63) is 0 Å². The van der Waals surface area contributed by atoms with E-state index in [-0.39, 0.29) is 67.1 Å². The lowest BCUT2D eigenvalue weighted by molar-refractivity contribution is -0.141. The summed E-state index contributed by atoms with van der Waals surface area (Å²) in [4.78, 5) is 73.0. The second kappa shape index (κ2) is 19.7. The van der Waals surface area contributed by atoms with Gasteiger partial charge in [-0.25, -0.2) is 0 Å². The summed E-state index contributed by atoms with van der Waals surface area (Å²) in [7, 11) is 1.84. The first-order valence-corrected chi connectivity index (χ1v) is 14.4. The Hall–Kier alpha value is -2.35. The summed E-state index contributed by atoms with van der Waals surface area (Å²) < 4.78 is 10.7. The highest BCUT2D eigenvalue weighted by molar-refractivity contribution is 8.00. The van der Waals surface area contributed by atoms with Gasteiger partial charge in [-0.3, -0.25) is 33.7 Å². The van der Waals surface area contributed by atoms with Crippen molar-refractivity contribution in [3.63, 3.8) is 0 Å². The molecule has 0 aromatic rings. The average molecular weight is 573 g/mol. The van der Waals surface area contributed by atoms with E-state index in [1.807, 2.05) is 7.05 Å². The third-order valence-electron chi connectivity index (χ3n) is 5.96. The molecule has 1 fully saturated rings. The van der Waals surface area contributed by atoms with Gasteiger partial charge in [0.25, 0.3) is 0 Å². The summed E-state index contributed by atoms with van der Waals surface area (Å²) >= 11 is 1.25. The van der Waals surface area contributed by atoms with Crippen molar-refractivity contribution in [2.45, 2.75) is 64.2 Å². The molecule has 1 aliphatic heterocycles. The van der Waals surface area contributed by atoms with E-state index in [0.29, 0.717) is 51.4 Å². The van der Waals surface area contributed by atoms with E-state index in [2.05, 4.69) is 16.0 Å². The minimum absolute atomic E-state index is 0.0399. The van der Waals surface area contributed by atoms with E-state index in [4.69, 9.17) is 9.47 Å². The van der Waals surface area contributed by atoms with E-state index in [1.54, 1.807) is 6.92 Å². The monoisotopic (exact) mass is 572 g/mol. The fourth-order valence-corrected chi connectivity index (χ4v) is 4.87. The van der Waals surface area contributed by atoms with E-state index >= 15 is 0 Å². The summed E-state index contributed by atoms with van der Waals surface area (Å²) in [5, 5.41) is 8.00. The number of ketones is 2. The number of carbonyl (C=O) groups is 6. The summed E-state index contributed by atoms with van der Waals surface area (Å²) in [6, 6.07) is -0.581. The van der Waals surface area contributed by atoms with Crippen LogP contribution in [0.3, 0.4) is 0 Å². The van der Waals surface area contributed by atoms with Crippen molar-refractivity contribution in [2.24, 2.45) is 5.92 Å². The Morgan fingerprint density at radius 1 is 1.03 bits per heavy atom. The fraction of sp³-hybridized carbons (Fsp3) is 0.769. The molecule has 0 bridgehead atoms. The number of amides is 4. The molecule has 1 saturated heterocycles. The van der Waals surface area contributed by atoms with Gasteiger partial charge >= 0.3 is 0 Å². The van der Waals surface area contributed by atoms with E-state index in [9.17, 15) is 28.8 Å². The van der Waals surface area contributed by atoms with Crippen molar-refractivity contribution < 1.29 is 38.2 Å². The molecule has 1 unspecified atom stereocenters. The van der Waals surface area contributed by atoms with Crippen molar-refractivity contribution in [1.82, 2.24) is 20.9 Å².